The molecule has 3 N–H and O–H groups in total. The number of carbonyl (C=O) groups is 1. The van der Waals surface area contributed by atoms with Crippen LogP contribution in [-0.4, -0.2) is 64.2 Å². The molecule has 3 aromatic rings. The summed E-state index contributed by atoms with van der Waals surface area (Å²) in [5, 5.41) is 15.8. The van der Waals surface area contributed by atoms with E-state index in [-0.39, 0.29) is 12.2 Å². The highest BCUT2D eigenvalue weighted by Gasteiger charge is 2.26. The molecule has 0 radical (unpaired) electrons. The summed E-state index contributed by atoms with van der Waals surface area (Å²) in [6.07, 6.45) is 3.99. The van der Waals surface area contributed by atoms with E-state index in [4.69, 9.17) is 23.2 Å². The quantitative estimate of drug-likeness (QED) is 0.352. The third-order valence-electron chi connectivity index (χ3n) is 5.82. The molecule has 1 saturated carbocycles. The molecule has 0 aliphatic heterocycles. The summed E-state index contributed by atoms with van der Waals surface area (Å²) in [6.45, 7) is 2.99. The third-order valence-corrected chi connectivity index (χ3v) is 6.42. The summed E-state index contributed by atoms with van der Waals surface area (Å²) in [6, 6.07) is 9.35. The maximum atomic E-state index is 13.0. The zero-order valence-corrected chi connectivity index (χ0v) is 21.9. The van der Waals surface area contributed by atoms with Crippen molar-refractivity contribution in [2.24, 2.45) is 0 Å². The van der Waals surface area contributed by atoms with Crippen LogP contribution in [0.4, 0.5) is 23.3 Å². The van der Waals surface area contributed by atoms with E-state index < -0.39 is 5.91 Å². The van der Waals surface area contributed by atoms with E-state index in [9.17, 15) is 9.90 Å². The van der Waals surface area contributed by atoms with Gasteiger partial charge in [0, 0.05) is 55.9 Å². The predicted octanol–water partition coefficient (Wildman–Crippen LogP) is 4.51. The van der Waals surface area contributed by atoms with Crippen LogP contribution in [0.15, 0.2) is 36.5 Å². The van der Waals surface area contributed by atoms with E-state index in [1.54, 1.807) is 48.5 Å². The molecule has 1 amide bonds. The molecule has 0 spiro atoms. The fourth-order valence-electron chi connectivity index (χ4n) is 3.81. The van der Waals surface area contributed by atoms with E-state index in [2.05, 4.69) is 37.5 Å². The summed E-state index contributed by atoms with van der Waals surface area (Å²) < 4.78 is 0. The van der Waals surface area contributed by atoms with Crippen LogP contribution in [0.2, 0.25) is 10.0 Å². The number of nitrogens with one attached hydrogen (secondary N) is 2. The first kappa shape index (κ1) is 26.1. The second-order valence-corrected chi connectivity index (χ2v) is 9.74. The number of halogens is 2. The highest BCUT2D eigenvalue weighted by molar-refractivity contribution is 6.40. The van der Waals surface area contributed by atoms with Crippen LogP contribution in [0.3, 0.4) is 0 Å². The number of aromatic nitrogens is 3. The van der Waals surface area contributed by atoms with Gasteiger partial charge in [-0.25, -0.2) is 9.97 Å². The van der Waals surface area contributed by atoms with Crippen molar-refractivity contribution in [1.29, 1.82) is 0 Å². The van der Waals surface area contributed by atoms with Gasteiger partial charge in [0.15, 0.2) is 0 Å². The number of hydrogen-bond acceptors (Lipinski definition) is 8. The Hall–Kier alpha value is -2.98. The van der Waals surface area contributed by atoms with Gasteiger partial charge >= 0.3 is 0 Å². The van der Waals surface area contributed by atoms with E-state index in [1.807, 2.05) is 6.92 Å². The number of nitrogens with zero attached hydrogens (tertiary/aromatic N) is 5. The fourth-order valence-corrected chi connectivity index (χ4v) is 4.51. The minimum atomic E-state index is -0.407. The largest absolute Gasteiger partial charge is 0.395 e. The zero-order valence-electron chi connectivity index (χ0n) is 20.4. The molecule has 2 heterocycles. The highest BCUT2D eigenvalue weighted by atomic mass is 35.5. The SMILES string of the molecule is Cc1cc(Nc2cc(NC(=O)c3c(Cl)cc(CN(C)C4CC4)cc3Cl)ccn2)nc(N(C)CCO)n1. The molecule has 1 aliphatic carbocycles. The molecule has 1 aliphatic rings. The van der Waals surface area contributed by atoms with E-state index >= 15 is 0 Å². The van der Waals surface area contributed by atoms with Crippen molar-refractivity contribution < 1.29 is 9.90 Å². The van der Waals surface area contributed by atoms with Gasteiger partial charge in [-0.05, 0) is 50.6 Å². The van der Waals surface area contributed by atoms with Crippen LogP contribution in [0.5, 0.6) is 0 Å². The lowest BCUT2D eigenvalue weighted by Crippen LogP contribution is -2.23. The number of amides is 1. The third kappa shape index (κ3) is 6.61. The molecular weight excluding hydrogens is 501 g/mol. The average molecular weight is 530 g/mol. The Morgan fingerprint density at radius 3 is 2.50 bits per heavy atom. The molecule has 2 aromatic heterocycles. The van der Waals surface area contributed by atoms with Gasteiger partial charge in [-0.15, -0.1) is 0 Å². The average Bonchev–Trinajstić information content (AvgIpc) is 3.64. The van der Waals surface area contributed by atoms with Gasteiger partial charge in [-0.3, -0.25) is 9.69 Å². The fraction of sp³-hybridized carbons (Fsp3) is 0.360. The second-order valence-electron chi connectivity index (χ2n) is 8.93. The van der Waals surface area contributed by atoms with Crippen LogP contribution < -0.4 is 15.5 Å². The lowest BCUT2D eigenvalue weighted by Gasteiger charge is -2.17. The molecule has 1 fully saturated rings. The van der Waals surface area contributed by atoms with Gasteiger partial charge in [0.1, 0.15) is 11.6 Å². The van der Waals surface area contributed by atoms with Crippen molar-refractivity contribution in [3.05, 3.63) is 63.4 Å². The molecule has 1 aromatic carbocycles. The van der Waals surface area contributed by atoms with Crippen LogP contribution in [0.25, 0.3) is 0 Å². The summed E-state index contributed by atoms with van der Waals surface area (Å²) in [5.74, 6) is 1.09. The van der Waals surface area contributed by atoms with Crippen molar-refractivity contribution in [3.8, 4) is 0 Å². The number of carbonyl (C=O) groups excluding carboxylic acids is 1. The molecular formula is C25H29Cl2N7O2. The van der Waals surface area contributed by atoms with Crippen molar-refractivity contribution >= 4 is 52.4 Å². The summed E-state index contributed by atoms with van der Waals surface area (Å²) >= 11 is 12.9. The van der Waals surface area contributed by atoms with Crippen molar-refractivity contribution in [3.63, 3.8) is 0 Å². The Balaban J connectivity index is 1.47. The lowest BCUT2D eigenvalue weighted by molar-refractivity contribution is 0.102. The van der Waals surface area contributed by atoms with Crippen LogP contribution in [-0.2, 0) is 6.54 Å². The van der Waals surface area contributed by atoms with Crippen LogP contribution in [0.1, 0.15) is 34.5 Å². The minimum absolute atomic E-state index is 0.00582. The first-order valence-corrected chi connectivity index (χ1v) is 12.4. The van der Waals surface area contributed by atoms with Crippen LogP contribution in [0, 0.1) is 6.92 Å². The molecule has 4 rings (SSSR count). The summed E-state index contributed by atoms with van der Waals surface area (Å²) in [4.78, 5) is 30.2. The van der Waals surface area contributed by atoms with E-state index in [1.165, 1.54) is 12.8 Å². The zero-order chi connectivity index (χ0) is 25.8. The van der Waals surface area contributed by atoms with Crippen LogP contribution >= 0.6 is 23.2 Å². The number of aliphatic hydroxyl groups is 1. The Morgan fingerprint density at radius 2 is 1.83 bits per heavy atom. The van der Waals surface area contributed by atoms with Gasteiger partial charge in [0.2, 0.25) is 5.95 Å². The molecule has 11 heteroatoms. The number of aliphatic hydroxyl groups excluding tert-OH is 1. The molecule has 0 saturated heterocycles. The van der Waals surface area contributed by atoms with E-state index in [0.717, 1.165) is 17.8 Å². The van der Waals surface area contributed by atoms with Crippen molar-refractivity contribution in [2.45, 2.75) is 32.4 Å². The maximum absolute atomic E-state index is 13.0. The number of hydrogen-bond donors (Lipinski definition) is 3. The number of benzene rings is 1. The maximum Gasteiger partial charge on any atom is 0.258 e. The Labute approximate surface area is 220 Å². The number of likely N-dealkylation sites (N-methyl/N-ethyl adjacent to an activating group) is 1. The number of aryl methyl sites for hydroxylation is 1. The van der Waals surface area contributed by atoms with Gasteiger partial charge in [-0.1, -0.05) is 23.2 Å². The van der Waals surface area contributed by atoms with Gasteiger partial charge in [0.05, 0.1) is 22.2 Å². The Bertz CT molecular complexity index is 1230. The minimum Gasteiger partial charge on any atom is -0.395 e. The predicted molar refractivity (Wildman–Crippen MR) is 144 cm³/mol. The summed E-state index contributed by atoms with van der Waals surface area (Å²) in [5.41, 5.74) is 2.47. The molecule has 9 nitrogen and oxygen atoms in total. The van der Waals surface area contributed by atoms with Crippen molar-refractivity contribution in [1.82, 2.24) is 19.9 Å². The van der Waals surface area contributed by atoms with Gasteiger partial charge in [-0.2, -0.15) is 4.98 Å². The number of rotatable bonds is 10. The topological polar surface area (TPSA) is 107 Å². The van der Waals surface area contributed by atoms with Gasteiger partial charge in [0.25, 0.3) is 5.91 Å². The normalized spacial score (nSPS) is 13.1. The highest BCUT2D eigenvalue weighted by Crippen LogP contribution is 2.31. The van der Waals surface area contributed by atoms with E-state index in [0.29, 0.717) is 45.9 Å². The first-order valence-electron chi connectivity index (χ1n) is 11.6. The second kappa shape index (κ2) is 11.4. The molecule has 0 unspecified atom stereocenters. The molecule has 0 bridgehead atoms. The Kier molecular flexibility index (Phi) is 8.25. The molecule has 190 valence electrons. The standard InChI is InChI=1S/C25H29Cl2N7O2/c1-15-10-22(32-25(29-15)33(2)8-9-35)31-21-13-17(6-7-28-21)30-24(36)23-19(26)11-16(12-20(23)27)14-34(3)18-4-5-18/h6-7,10-13,18,35H,4-5,8-9,14H2,1-3H3,(H2,28,29,30,31,32,36). The van der Waals surface area contributed by atoms with Gasteiger partial charge < -0.3 is 20.6 Å². The number of anilines is 4. The number of pyridine rings is 1. The van der Waals surface area contributed by atoms with Crippen molar-refractivity contribution in [2.75, 3.05) is 42.8 Å². The first-order chi connectivity index (χ1) is 17.2. The Morgan fingerprint density at radius 1 is 1.11 bits per heavy atom. The summed E-state index contributed by atoms with van der Waals surface area (Å²) in [7, 11) is 3.88. The smallest absolute Gasteiger partial charge is 0.258 e. The molecule has 36 heavy (non-hydrogen) atoms. The lowest BCUT2D eigenvalue weighted by atomic mass is 10.1. The monoisotopic (exact) mass is 529 g/mol. The molecule has 0 atom stereocenters.